The summed E-state index contributed by atoms with van der Waals surface area (Å²) in [4.78, 5) is 11.5. The molecule has 1 aliphatic rings. The van der Waals surface area contributed by atoms with Crippen molar-refractivity contribution in [2.75, 3.05) is 6.26 Å². The van der Waals surface area contributed by atoms with Crippen LogP contribution in [-0.4, -0.2) is 21.6 Å². The predicted molar refractivity (Wildman–Crippen MR) is 54.0 cm³/mol. The minimum absolute atomic E-state index is 0.166. The van der Waals surface area contributed by atoms with Crippen LogP contribution < -0.4 is 0 Å². The normalized spacial score (nSPS) is 22.2. The van der Waals surface area contributed by atoms with Crippen LogP contribution in [0, 0.1) is 5.41 Å². The first-order valence-electron chi connectivity index (χ1n) is 4.49. The fraction of sp³-hybridized carbons (Fsp3) is 0.889. The highest BCUT2D eigenvalue weighted by Gasteiger charge is 2.32. The summed E-state index contributed by atoms with van der Waals surface area (Å²) in [5, 5.41) is 0.166. The summed E-state index contributed by atoms with van der Waals surface area (Å²) < 4.78 is 15.6. The van der Waals surface area contributed by atoms with Crippen LogP contribution in [-0.2, 0) is 14.5 Å². The first-order chi connectivity index (χ1) is 5.73. The fourth-order valence-electron chi connectivity index (χ4n) is 0.881. The molecule has 0 aromatic heterocycles. The van der Waals surface area contributed by atoms with Crippen molar-refractivity contribution in [2.45, 2.75) is 38.9 Å². The van der Waals surface area contributed by atoms with Gasteiger partial charge in [0.2, 0.25) is 0 Å². The molecule has 3 nitrogen and oxygen atoms in total. The van der Waals surface area contributed by atoms with Gasteiger partial charge in [0.1, 0.15) is 0 Å². The SMILES string of the molecule is CC(C)(C)C(=O)N=S(C)(=O)C1CC1. The summed E-state index contributed by atoms with van der Waals surface area (Å²) in [6.45, 7) is 5.38. The molecule has 0 heterocycles. The van der Waals surface area contributed by atoms with Crippen molar-refractivity contribution in [1.82, 2.24) is 0 Å². The predicted octanol–water partition coefficient (Wildman–Crippen LogP) is 1.82. The Balaban J connectivity index is 2.87. The van der Waals surface area contributed by atoms with E-state index in [1.165, 1.54) is 0 Å². The van der Waals surface area contributed by atoms with Gasteiger partial charge in [-0.25, -0.2) is 4.21 Å². The summed E-state index contributed by atoms with van der Waals surface area (Å²) in [5.74, 6) is -0.244. The van der Waals surface area contributed by atoms with Gasteiger partial charge in [0, 0.05) is 16.9 Å². The molecular weight excluding hydrogens is 186 g/mol. The van der Waals surface area contributed by atoms with Crippen molar-refractivity contribution in [2.24, 2.45) is 9.78 Å². The fourth-order valence-corrected chi connectivity index (χ4v) is 2.64. The standard InChI is InChI=1S/C9H17NO2S/c1-9(2,3)8(11)10-13(4,12)7-5-6-7/h7H,5-6H2,1-4H3. The van der Waals surface area contributed by atoms with Crippen LogP contribution in [0.2, 0.25) is 0 Å². The highest BCUT2D eigenvalue weighted by molar-refractivity contribution is 7.94. The van der Waals surface area contributed by atoms with Gasteiger partial charge in [0.15, 0.2) is 0 Å². The van der Waals surface area contributed by atoms with E-state index in [1.54, 1.807) is 27.0 Å². The second kappa shape index (κ2) is 3.08. The van der Waals surface area contributed by atoms with Crippen LogP contribution in [0.25, 0.3) is 0 Å². The Bertz CT molecular complexity index is 328. The Morgan fingerprint density at radius 2 is 1.85 bits per heavy atom. The van der Waals surface area contributed by atoms with E-state index in [-0.39, 0.29) is 11.2 Å². The Morgan fingerprint density at radius 3 is 2.15 bits per heavy atom. The topological polar surface area (TPSA) is 46.5 Å². The molecule has 1 saturated carbocycles. The van der Waals surface area contributed by atoms with E-state index in [2.05, 4.69) is 4.36 Å². The zero-order valence-corrected chi connectivity index (χ0v) is 9.48. The molecule has 0 bridgehead atoms. The second-order valence-corrected chi connectivity index (χ2v) is 7.28. The first-order valence-corrected chi connectivity index (χ1v) is 6.47. The Labute approximate surface area is 80.1 Å². The van der Waals surface area contributed by atoms with Gasteiger partial charge in [-0.3, -0.25) is 4.79 Å². The molecular formula is C9H17NO2S. The molecule has 0 N–H and O–H groups in total. The molecule has 0 aromatic rings. The summed E-state index contributed by atoms with van der Waals surface area (Å²) in [5.41, 5.74) is -0.506. The maximum atomic E-state index is 11.8. The van der Waals surface area contributed by atoms with Crippen LogP contribution in [0.5, 0.6) is 0 Å². The van der Waals surface area contributed by atoms with E-state index in [9.17, 15) is 9.00 Å². The van der Waals surface area contributed by atoms with Crippen LogP contribution in [0.3, 0.4) is 0 Å². The molecule has 76 valence electrons. The lowest BCUT2D eigenvalue weighted by atomic mass is 9.96. The number of nitrogens with zero attached hydrogens (tertiary/aromatic N) is 1. The summed E-state index contributed by atoms with van der Waals surface area (Å²) in [6, 6.07) is 0. The van der Waals surface area contributed by atoms with Crippen LogP contribution >= 0.6 is 0 Å². The number of rotatable bonds is 1. The molecule has 0 radical (unpaired) electrons. The average Bonchev–Trinajstić information content (AvgIpc) is 2.62. The van der Waals surface area contributed by atoms with E-state index in [4.69, 9.17) is 0 Å². The van der Waals surface area contributed by atoms with E-state index in [0.717, 1.165) is 12.8 Å². The quantitative estimate of drug-likeness (QED) is 0.652. The third-order valence-electron chi connectivity index (χ3n) is 2.05. The van der Waals surface area contributed by atoms with Crippen molar-refractivity contribution in [3.8, 4) is 0 Å². The van der Waals surface area contributed by atoms with Crippen molar-refractivity contribution in [1.29, 1.82) is 0 Å². The minimum Gasteiger partial charge on any atom is -0.271 e. The smallest absolute Gasteiger partial charge is 0.259 e. The van der Waals surface area contributed by atoms with Crippen molar-refractivity contribution in [3.63, 3.8) is 0 Å². The Hall–Kier alpha value is -0.380. The summed E-state index contributed by atoms with van der Waals surface area (Å²) >= 11 is 0. The first kappa shape index (κ1) is 10.7. The zero-order chi connectivity index (χ0) is 10.3. The Morgan fingerprint density at radius 1 is 1.38 bits per heavy atom. The molecule has 0 spiro atoms. The van der Waals surface area contributed by atoms with Crippen molar-refractivity contribution < 1.29 is 9.00 Å². The van der Waals surface area contributed by atoms with Gasteiger partial charge in [-0.1, -0.05) is 20.8 Å². The molecule has 1 unspecified atom stereocenters. The number of hydrogen-bond donors (Lipinski definition) is 0. The van der Waals surface area contributed by atoms with Gasteiger partial charge >= 0.3 is 0 Å². The number of amides is 1. The average molecular weight is 203 g/mol. The summed E-state index contributed by atoms with van der Waals surface area (Å²) in [7, 11) is -2.24. The summed E-state index contributed by atoms with van der Waals surface area (Å²) in [6.07, 6.45) is 3.50. The van der Waals surface area contributed by atoms with Gasteiger partial charge in [-0.05, 0) is 12.8 Å². The minimum atomic E-state index is -2.24. The molecule has 0 aliphatic heterocycles. The van der Waals surface area contributed by atoms with E-state index in [0.29, 0.717) is 0 Å². The van der Waals surface area contributed by atoms with Gasteiger partial charge in [-0.2, -0.15) is 4.36 Å². The van der Waals surface area contributed by atoms with E-state index >= 15 is 0 Å². The molecule has 1 rings (SSSR count). The van der Waals surface area contributed by atoms with Crippen molar-refractivity contribution >= 4 is 15.6 Å². The molecule has 1 amide bonds. The monoisotopic (exact) mass is 203 g/mol. The maximum Gasteiger partial charge on any atom is 0.259 e. The third kappa shape index (κ3) is 2.79. The van der Waals surface area contributed by atoms with Gasteiger partial charge in [0.25, 0.3) is 5.91 Å². The molecule has 4 heteroatoms. The van der Waals surface area contributed by atoms with Gasteiger partial charge in [0.05, 0.1) is 9.73 Å². The highest BCUT2D eigenvalue weighted by Crippen LogP contribution is 2.30. The lowest BCUT2D eigenvalue weighted by molar-refractivity contribution is -0.124. The largest absolute Gasteiger partial charge is 0.271 e. The third-order valence-corrected chi connectivity index (χ3v) is 4.29. The number of carbonyl (C=O) groups is 1. The Kier molecular flexibility index (Phi) is 2.54. The molecule has 0 aromatic carbocycles. The lowest BCUT2D eigenvalue weighted by Gasteiger charge is -2.13. The van der Waals surface area contributed by atoms with E-state index < -0.39 is 15.1 Å². The lowest BCUT2D eigenvalue weighted by Crippen LogP contribution is -2.20. The zero-order valence-electron chi connectivity index (χ0n) is 8.66. The van der Waals surface area contributed by atoms with Crippen LogP contribution in [0.4, 0.5) is 0 Å². The molecule has 1 fully saturated rings. The molecule has 0 saturated heterocycles. The molecule has 1 aliphatic carbocycles. The second-order valence-electron chi connectivity index (χ2n) is 4.71. The molecule has 1 atom stereocenters. The van der Waals surface area contributed by atoms with Crippen LogP contribution in [0.15, 0.2) is 4.36 Å². The maximum absolute atomic E-state index is 11.8. The number of hydrogen-bond acceptors (Lipinski definition) is 2. The van der Waals surface area contributed by atoms with Gasteiger partial charge < -0.3 is 0 Å². The molecule has 13 heavy (non-hydrogen) atoms. The van der Waals surface area contributed by atoms with Gasteiger partial charge in [-0.15, -0.1) is 0 Å². The number of carbonyl (C=O) groups excluding carboxylic acids is 1. The van der Waals surface area contributed by atoms with E-state index in [1.807, 2.05) is 0 Å². The van der Waals surface area contributed by atoms with Crippen molar-refractivity contribution in [3.05, 3.63) is 0 Å². The highest BCUT2D eigenvalue weighted by atomic mass is 32.2. The van der Waals surface area contributed by atoms with Crippen LogP contribution in [0.1, 0.15) is 33.6 Å².